The molecule has 0 aliphatic heterocycles. The fourth-order valence-corrected chi connectivity index (χ4v) is 1.86. The van der Waals surface area contributed by atoms with E-state index in [1.165, 1.54) is 6.92 Å². The second-order valence-electron chi connectivity index (χ2n) is 4.36. The van der Waals surface area contributed by atoms with Gasteiger partial charge in [-0.25, -0.2) is 0 Å². The second-order valence-corrected chi connectivity index (χ2v) is 4.36. The Morgan fingerprint density at radius 2 is 1.72 bits per heavy atom. The molecule has 0 heterocycles. The number of ketones is 1. The Balaban J connectivity index is 2.25. The summed E-state index contributed by atoms with van der Waals surface area (Å²) in [6, 6.07) is 13.9. The summed E-state index contributed by atoms with van der Waals surface area (Å²) in [6.07, 6.45) is 0. The predicted octanol–water partition coefficient (Wildman–Crippen LogP) is 2.61. The van der Waals surface area contributed by atoms with Gasteiger partial charge in [0.05, 0.1) is 6.04 Å². The zero-order valence-electron chi connectivity index (χ0n) is 10.4. The summed E-state index contributed by atoms with van der Waals surface area (Å²) < 4.78 is 0. The molecule has 0 bridgehead atoms. The molecule has 92 valence electrons. The van der Waals surface area contributed by atoms with Crippen LogP contribution in [0.5, 0.6) is 0 Å². The summed E-state index contributed by atoms with van der Waals surface area (Å²) in [4.78, 5) is 22.2. The summed E-state index contributed by atoms with van der Waals surface area (Å²) in [5.74, 6) is -1.02. The highest BCUT2D eigenvalue weighted by atomic mass is 16.2. The van der Waals surface area contributed by atoms with Crippen molar-refractivity contribution in [3.63, 3.8) is 0 Å². The molecule has 18 heavy (non-hydrogen) atoms. The minimum absolute atomic E-state index is 0.175. The number of fused-ring (bicyclic) bond motifs is 1. The van der Waals surface area contributed by atoms with Crippen LogP contribution < -0.4 is 5.32 Å². The Morgan fingerprint density at radius 1 is 1.06 bits per heavy atom. The topological polar surface area (TPSA) is 46.2 Å². The van der Waals surface area contributed by atoms with Crippen molar-refractivity contribution in [3.05, 3.63) is 48.0 Å². The molecule has 0 fully saturated rings. The largest absolute Gasteiger partial charge is 0.343 e. The highest BCUT2D eigenvalue weighted by Gasteiger charge is 2.12. The van der Waals surface area contributed by atoms with Crippen molar-refractivity contribution in [2.75, 3.05) is 0 Å². The van der Waals surface area contributed by atoms with E-state index >= 15 is 0 Å². The average Bonchev–Trinajstić information content (AvgIpc) is 2.37. The molecule has 2 aromatic carbocycles. The van der Waals surface area contributed by atoms with Gasteiger partial charge in [-0.1, -0.05) is 36.4 Å². The lowest BCUT2D eigenvalue weighted by Crippen LogP contribution is -2.31. The van der Waals surface area contributed by atoms with E-state index in [0.717, 1.165) is 16.3 Å². The van der Waals surface area contributed by atoms with Crippen molar-refractivity contribution >= 4 is 22.5 Å². The third kappa shape index (κ3) is 2.56. The molecule has 0 saturated carbocycles. The standard InChI is InChI=1S/C15H15NO2/c1-10(16-15(18)11(2)17)13-8-7-12-5-3-4-6-14(12)9-13/h3-10H,1-2H3,(H,16,18)/t10-/m1/s1. The first-order valence-electron chi connectivity index (χ1n) is 5.88. The summed E-state index contributed by atoms with van der Waals surface area (Å²) >= 11 is 0. The lowest BCUT2D eigenvalue weighted by molar-refractivity contribution is -0.137. The van der Waals surface area contributed by atoms with Crippen LogP contribution in [0.25, 0.3) is 10.8 Å². The fourth-order valence-electron chi connectivity index (χ4n) is 1.86. The van der Waals surface area contributed by atoms with E-state index < -0.39 is 11.7 Å². The summed E-state index contributed by atoms with van der Waals surface area (Å²) in [6.45, 7) is 3.13. The van der Waals surface area contributed by atoms with Crippen molar-refractivity contribution in [3.8, 4) is 0 Å². The molecule has 1 amide bonds. The summed E-state index contributed by atoms with van der Waals surface area (Å²) in [7, 11) is 0. The van der Waals surface area contributed by atoms with Gasteiger partial charge in [-0.15, -0.1) is 0 Å². The maximum atomic E-state index is 11.3. The van der Waals surface area contributed by atoms with E-state index in [0.29, 0.717) is 0 Å². The molecule has 2 rings (SSSR count). The molecule has 1 atom stereocenters. The van der Waals surface area contributed by atoms with Crippen molar-refractivity contribution in [2.45, 2.75) is 19.9 Å². The molecule has 0 spiro atoms. The van der Waals surface area contributed by atoms with E-state index in [9.17, 15) is 9.59 Å². The van der Waals surface area contributed by atoms with Crippen LogP contribution in [0.2, 0.25) is 0 Å². The maximum Gasteiger partial charge on any atom is 0.287 e. The number of carbonyl (C=O) groups excluding carboxylic acids is 2. The smallest absolute Gasteiger partial charge is 0.287 e. The molecule has 0 radical (unpaired) electrons. The number of hydrogen-bond acceptors (Lipinski definition) is 2. The zero-order chi connectivity index (χ0) is 13.1. The van der Waals surface area contributed by atoms with Crippen LogP contribution in [-0.4, -0.2) is 11.7 Å². The number of benzene rings is 2. The first kappa shape index (κ1) is 12.3. The van der Waals surface area contributed by atoms with Crippen LogP contribution in [0.15, 0.2) is 42.5 Å². The van der Waals surface area contributed by atoms with E-state index in [1.54, 1.807) is 0 Å². The third-order valence-corrected chi connectivity index (χ3v) is 2.94. The third-order valence-electron chi connectivity index (χ3n) is 2.94. The van der Waals surface area contributed by atoms with Gasteiger partial charge < -0.3 is 5.32 Å². The van der Waals surface area contributed by atoms with Gasteiger partial charge in [0, 0.05) is 6.92 Å². The Bertz CT molecular complexity index is 604. The number of Topliss-reactive ketones (excluding diaryl/α,β-unsaturated/α-hetero) is 1. The van der Waals surface area contributed by atoms with Crippen molar-refractivity contribution in [2.24, 2.45) is 0 Å². The first-order valence-corrected chi connectivity index (χ1v) is 5.88. The molecular weight excluding hydrogens is 226 g/mol. The van der Waals surface area contributed by atoms with Gasteiger partial charge in [0.25, 0.3) is 5.91 Å². The number of carbonyl (C=O) groups is 2. The molecule has 0 aromatic heterocycles. The number of rotatable bonds is 3. The Morgan fingerprint density at radius 3 is 2.39 bits per heavy atom. The molecule has 3 heteroatoms. The SMILES string of the molecule is CC(=O)C(=O)N[C@H](C)c1ccc2ccccc2c1. The Labute approximate surface area is 106 Å². The quantitative estimate of drug-likeness (QED) is 0.839. The molecule has 0 aliphatic carbocycles. The maximum absolute atomic E-state index is 11.3. The van der Waals surface area contributed by atoms with Gasteiger partial charge in [0.15, 0.2) is 0 Å². The number of hydrogen-bond donors (Lipinski definition) is 1. The predicted molar refractivity (Wildman–Crippen MR) is 71.2 cm³/mol. The number of nitrogens with one attached hydrogen (secondary N) is 1. The average molecular weight is 241 g/mol. The van der Waals surface area contributed by atoms with E-state index in [-0.39, 0.29) is 6.04 Å². The van der Waals surface area contributed by atoms with Crippen LogP contribution in [0.1, 0.15) is 25.5 Å². The van der Waals surface area contributed by atoms with Crippen LogP contribution >= 0.6 is 0 Å². The van der Waals surface area contributed by atoms with Crippen molar-refractivity contribution in [1.82, 2.24) is 5.32 Å². The van der Waals surface area contributed by atoms with Gasteiger partial charge in [-0.3, -0.25) is 9.59 Å². The van der Waals surface area contributed by atoms with Gasteiger partial charge in [0.1, 0.15) is 0 Å². The minimum Gasteiger partial charge on any atom is -0.343 e. The molecule has 2 aromatic rings. The van der Waals surface area contributed by atoms with Crippen LogP contribution in [0, 0.1) is 0 Å². The van der Waals surface area contributed by atoms with Gasteiger partial charge >= 0.3 is 0 Å². The summed E-state index contributed by atoms with van der Waals surface area (Å²) in [5.41, 5.74) is 0.989. The molecule has 0 unspecified atom stereocenters. The highest BCUT2D eigenvalue weighted by Crippen LogP contribution is 2.20. The fraction of sp³-hybridized carbons (Fsp3) is 0.200. The zero-order valence-corrected chi connectivity index (χ0v) is 10.4. The number of amides is 1. The van der Waals surface area contributed by atoms with Gasteiger partial charge in [-0.05, 0) is 29.3 Å². The second kappa shape index (κ2) is 5.00. The van der Waals surface area contributed by atoms with Crippen molar-refractivity contribution in [1.29, 1.82) is 0 Å². The van der Waals surface area contributed by atoms with Gasteiger partial charge in [0.2, 0.25) is 5.78 Å². The Kier molecular flexibility index (Phi) is 3.42. The van der Waals surface area contributed by atoms with Gasteiger partial charge in [-0.2, -0.15) is 0 Å². The normalized spacial score (nSPS) is 12.1. The first-order chi connectivity index (χ1) is 8.58. The van der Waals surface area contributed by atoms with Crippen LogP contribution in [0.4, 0.5) is 0 Å². The lowest BCUT2D eigenvalue weighted by Gasteiger charge is -2.13. The monoisotopic (exact) mass is 241 g/mol. The highest BCUT2D eigenvalue weighted by molar-refractivity contribution is 6.35. The van der Waals surface area contributed by atoms with Crippen LogP contribution in [-0.2, 0) is 9.59 Å². The summed E-state index contributed by atoms with van der Waals surface area (Å²) in [5, 5.41) is 4.95. The molecule has 3 nitrogen and oxygen atoms in total. The van der Waals surface area contributed by atoms with E-state index in [4.69, 9.17) is 0 Å². The molecule has 1 N–H and O–H groups in total. The molecular formula is C15H15NO2. The Hall–Kier alpha value is -2.16. The molecule has 0 aliphatic rings. The lowest BCUT2D eigenvalue weighted by atomic mass is 10.0. The van der Waals surface area contributed by atoms with E-state index in [2.05, 4.69) is 5.32 Å². The van der Waals surface area contributed by atoms with Crippen molar-refractivity contribution < 1.29 is 9.59 Å². The van der Waals surface area contributed by atoms with E-state index in [1.807, 2.05) is 49.4 Å². The minimum atomic E-state index is -0.546. The van der Waals surface area contributed by atoms with Crippen LogP contribution in [0.3, 0.4) is 0 Å². The molecule has 0 saturated heterocycles.